The molecule has 0 aliphatic carbocycles. The highest BCUT2D eigenvalue weighted by Gasteiger charge is 2.40. The fourth-order valence-corrected chi connectivity index (χ4v) is 4.16. The minimum atomic E-state index is -4.42. The largest absolute Gasteiger partial charge is 0.417 e. The van der Waals surface area contributed by atoms with E-state index in [1.54, 1.807) is 6.07 Å². The lowest BCUT2D eigenvalue weighted by molar-refractivity contribution is -0.137. The second-order valence-electron chi connectivity index (χ2n) is 8.59. The number of halogens is 4. The second kappa shape index (κ2) is 7.69. The third-order valence-electron chi connectivity index (χ3n) is 5.70. The molecule has 26 heavy (non-hydrogen) atoms. The lowest BCUT2D eigenvalue weighted by Crippen LogP contribution is -2.60. The fraction of sp³-hybridized carbons (Fsp3) is 0.700. The topological polar surface area (TPSA) is 6.48 Å². The first-order valence-corrected chi connectivity index (χ1v) is 9.52. The molecule has 1 aromatic rings. The molecule has 0 aromatic heterocycles. The van der Waals surface area contributed by atoms with Gasteiger partial charge in [0, 0.05) is 17.6 Å². The van der Waals surface area contributed by atoms with Crippen LogP contribution < -0.4 is 0 Å². The standard InChI is InChI=1S/C20H30ClF3N2/c1-18(2,3)26-13-7-11-19(14-26,25(4)5)12-10-15-8-6-9-16(17(15)21)20(22,23)24/h6,8-9H,7,10-14H2,1-5H3/t19-/m0/s1. The van der Waals surface area contributed by atoms with E-state index < -0.39 is 11.7 Å². The van der Waals surface area contributed by atoms with Crippen LogP contribution in [-0.4, -0.2) is 48.1 Å². The Labute approximate surface area is 160 Å². The predicted molar refractivity (Wildman–Crippen MR) is 102 cm³/mol. The Balaban J connectivity index is 2.22. The lowest BCUT2D eigenvalue weighted by atomic mass is 9.81. The highest BCUT2D eigenvalue weighted by atomic mass is 35.5. The first-order chi connectivity index (χ1) is 11.9. The third-order valence-corrected chi connectivity index (χ3v) is 6.14. The van der Waals surface area contributed by atoms with Crippen molar-refractivity contribution in [3.63, 3.8) is 0 Å². The number of hydrogen-bond acceptors (Lipinski definition) is 2. The van der Waals surface area contributed by atoms with Crippen molar-refractivity contribution >= 4 is 11.6 Å². The van der Waals surface area contributed by atoms with E-state index in [1.165, 1.54) is 6.07 Å². The Morgan fingerprint density at radius 3 is 2.38 bits per heavy atom. The fourth-order valence-electron chi connectivity index (χ4n) is 3.84. The molecule has 2 rings (SSSR count). The van der Waals surface area contributed by atoms with Crippen LogP contribution in [-0.2, 0) is 12.6 Å². The molecule has 1 aromatic carbocycles. The third kappa shape index (κ3) is 4.73. The van der Waals surface area contributed by atoms with E-state index in [1.807, 2.05) is 0 Å². The molecule has 0 spiro atoms. The lowest BCUT2D eigenvalue weighted by Gasteiger charge is -2.51. The van der Waals surface area contributed by atoms with Gasteiger partial charge in [0.05, 0.1) is 10.6 Å². The number of alkyl halides is 3. The van der Waals surface area contributed by atoms with Gasteiger partial charge in [0.25, 0.3) is 0 Å². The van der Waals surface area contributed by atoms with Crippen molar-refractivity contribution in [2.75, 3.05) is 27.2 Å². The van der Waals surface area contributed by atoms with Gasteiger partial charge in [-0.15, -0.1) is 0 Å². The Hall–Kier alpha value is -0.780. The maximum atomic E-state index is 13.1. The van der Waals surface area contributed by atoms with E-state index in [4.69, 9.17) is 11.6 Å². The Morgan fingerprint density at radius 1 is 1.19 bits per heavy atom. The molecular formula is C20H30ClF3N2. The van der Waals surface area contributed by atoms with E-state index in [-0.39, 0.29) is 16.1 Å². The molecule has 0 amide bonds. The van der Waals surface area contributed by atoms with Crippen LogP contribution in [0.4, 0.5) is 13.2 Å². The minimum absolute atomic E-state index is 0.0525. The van der Waals surface area contributed by atoms with Crippen molar-refractivity contribution in [1.82, 2.24) is 9.80 Å². The van der Waals surface area contributed by atoms with Crippen LogP contribution in [0.2, 0.25) is 5.02 Å². The van der Waals surface area contributed by atoms with Crippen molar-refractivity contribution < 1.29 is 13.2 Å². The van der Waals surface area contributed by atoms with Gasteiger partial charge in [-0.1, -0.05) is 23.7 Å². The van der Waals surface area contributed by atoms with Crippen LogP contribution in [0.1, 0.15) is 51.2 Å². The zero-order valence-corrected chi connectivity index (χ0v) is 17.1. The van der Waals surface area contributed by atoms with Gasteiger partial charge in [-0.05, 0) is 78.7 Å². The molecule has 1 fully saturated rings. The molecule has 2 nitrogen and oxygen atoms in total. The van der Waals surface area contributed by atoms with Gasteiger partial charge < -0.3 is 4.90 Å². The zero-order chi connectivity index (χ0) is 19.8. The molecule has 148 valence electrons. The first-order valence-electron chi connectivity index (χ1n) is 9.14. The van der Waals surface area contributed by atoms with E-state index >= 15 is 0 Å². The number of rotatable bonds is 4. The molecular weight excluding hydrogens is 361 g/mol. The molecule has 1 aliphatic heterocycles. The highest BCUT2D eigenvalue weighted by molar-refractivity contribution is 6.32. The molecule has 0 saturated carbocycles. The van der Waals surface area contributed by atoms with Gasteiger partial charge in [0.2, 0.25) is 0 Å². The van der Waals surface area contributed by atoms with Crippen LogP contribution >= 0.6 is 11.6 Å². The summed E-state index contributed by atoms with van der Waals surface area (Å²) in [5, 5.41) is -0.155. The summed E-state index contributed by atoms with van der Waals surface area (Å²) in [6, 6.07) is 4.22. The summed E-state index contributed by atoms with van der Waals surface area (Å²) < 4.78 is 39.3. The summed E-state index contributed by atoms with van der Waals surface area (Å²) >= 11 is 6.09. The molecule has 0 N–H and O–H groups in total. The van der Waals surface area contributed by atoms with Crippen molar-refractivity contribution in [3.8, 4) is 0 Å². The number of nitrogens with zero attached hydrogens (tertiary/aromatic N) is 2. The number of piperidine rings is 1. The summed E-state index contributed by atoms with van der Waals surface area (Å²) in [6.45, 7) is 8.61. The summed E-state index contributed by atoms with van der Waals surface area (Å²) in [6.07, 6.45) is -0.957. The maximum Gasteiger partial charge on any atom is 0.417 e. The number of benzene rings is 1. The summed E-state index contributed by atoms with van der Waals surface area (Å²) in [5.41, 5.74) is -0.135. The predicted octanol–water partition coefficient (Wildman–Crippen LogP) is 5.49. The number of hydrogen-bond donors (Lipinski definition) is 0. The molecule has 1 aliphatic rings. The number of likely N-dealkylation sites (tertiary alicyclic amines) is 1. The zero-order valence-electron chi connectivity index (χ0n) is 16.4. The smallest absolute Gasteiger partial charge is 0.302 e. The van der Waals surface area contributed by atoms with Crippen LogP contribution in [0.25, 0.3) is 0 Å². The van der Waals surface area contributed by atoms with Crippen molar-refractivity contribution in [1.29, 1.82) is 0 Å². The Bertz CT molecular complexity index is 622. The second-order valence-corrected chi connectivity index (χ2v) is 8.97. The van der Waals surface area contributed by atoms with Crippen LogP contribution in [0.15, 0.2) is 18.2 Å². The van der Waals surface area contributed by atoms with Gasteiger partial charge in [-0.3, -0.25) is 4.90 Å². The minimum Gasteiger partial charge on any atom is -0.302 e. The average molecular weight is 391 g/mol. The van der Waals surface area contributed by atoms with Crippen molar-refractivity contribution in [2.24, 2.45) is 0 Å². The first kappa shape index (κ1) is 21.5. The van der Waals surface area contributed by atoms with Crippen molar-refractivity contribution in [3.05, 3.63) is 34.3 Å². The van der Waals surface area contributed by atoms with Crippen LogP contribution in [0.3, 0.4) is 0 Å². The van der Waals surface area contributed by atoms with Gasteiger partial charge in [0.15, 0.2) is 0 Å². The normalized spacial score (nSPS) is 22.8. The Kier molecular flexibility index (Phi) is 6.36. The van der Waals surface area contributed by atoms with Crippen LogP contribution in [0, 0.1) is 0 Å². The molecule has 1 saturated heterocycles. The van der Waals surface area contributed by atoms with Gasteiger partial charge >= 0.3 is 6.18 Å². The molecule has 0 radical (unpaired) electrons. The molecule has 6 heteroatoms. The molecule has 0 unspecified atom stereocenters. The SMILES string of the molecule is CN(C)[C@]1(CCc2cccc(C(F)(F)F)c2Cl)CCCN(C(C)(C)C)C1. The Morgan fingerprint density at radius 2 is 1.85 bits per heavy atom. The quantitative estimate of drug-likeness (QED) is 0.671. The van der Waals surface area contributed by atoms with Crippen LogP contribution in [0.5, 0.6) is 0 Å². The van der Waals surface area contributed by atoms with E-state index in [0.29, 0.717) is 12.0 Å². The van der Waals surface area contributed by atoms with Gasteiger partial charge in [-0.2, -0.15) is 13.2 Å². The summed E-state index contributed by atoms with van der Waals surface area (Å²) in [7, 11) is 4.14. The highest BCUT2D eigenvalue weighted by Crippen LogP contribution is 2.38. The monoisotopic (exact) mass is 390 g/mol. The number of aryl methyl sites for hydroxylation is 1. The van der Waals surface area contributed by atoms with Crippen molar-refractivity contribution in [2.45, 2.75) is 63.7 Å². The molecule has 1 heterocycles. The van der Waals surface area contributed by atoms with E-state index in [2.05, 4.69) is 44.7 Å². The number of likely N-dealkylation sites (N-methyl/N-ethyl adjacent to an activating group) is 1. The maximum absolute atomic E-state index is 13.1. The average Bonchev–Trinajstić information content (AvgIpc) is 2.52. The molecule has 0 bridgehead atoms. The van der Waals surface area contributed by atoms with E-state index in [0.717, 1.165) is 38.4 Å². The molecule has 1 atom stereocenters. The summed E-state index contributed by atoms with van der Waals surface area (Å²) in [5.74, 6) is 0. The van der Waals surface area contributed by atoms with Gasteiger partial charge in [0.1, 0.15) is 0 Å². The van der Waals surface area contributed by atoms with Gasteiger partial charge in [-0.25, -0.2) is 0 Å². The van der Waals surface area contributed by atoms with E-state index in [9.17, 15) is 13.2 Å². The summed E-state index contributed by atoms with van der Waals surface area (Å²) in [4.78, 5) is 4.72.